The Kier molecular flexibility index (Phi) is 4.29. The highest BCUT2D eigenvalue weighted by molar-refractivity contribution is 6.02. The second-order valence-electron chi connectivity index (χ2n) is 8.31. The third-order valence-electron chi connectivity index (χ3n) is 4.88. The zero-order valence-corrected chi connectivity index (χ0v) is 16.9. The zero-order chi connectivity index (χ0) is 20.9. The molecule has 0 bridgehead atoms. The lowest BCUT2D eigenvalue weighted by Crippen LogP contribution is -2.46. The van der Waals surface area contributed by atoms with Crippen LogP contribution in [0.5, 0.6) is 5.75 Å². The molecule has 0 spiro atoms. The van der Waals surface area contributed by atoms with Crippen LogP contribution in [-0.4, -0.2) is 53.9 Å². The molecule has 8 nitrogen and oxygen atoms in total. The molecule has 1 aromatic heterocycles. The summed E-state index contributed by atoms with van der Waals surface area (Å²) < 4.78 is 0. The van der Waals surface area contributed by atoms with Crippen molar-refractivity contribution >= 4 is 23.0 Å². The first-order chi connectivity index (χ1) is 13.6. The van der Waals surface area contributed by atoms with E-state index in [0.29, 0.717) is 11.3 Å². The number of aromatic hydroxyl groups is 1. The third kappa shape index (κ3) is 3.30. The molecule has 0 aliphatic carbocycles. The maximum Gasteiger partial charge on any atom is 0.328 e. The van der Waals surface area contributed by atoms with Crippen LogP contribution in [0, 0.1) is 6.92 Å². The van der Waals surface area contributed by atoms with Crippen LogP contribution in [0.15, 0.2) is 36.4 Å². The summed E-state index contributed by atoms with van der Waals surface area (Å²) in [4.78, 5) is 29.2. The number of amides is 3. The molecule has 2 heterocycles. The number of nitrogens with zero attached hydrogens (tertiary/aromatic N) is 5. The lowest BCUT2D eigenvalue weighted by Gasteiger charge is -2.29. The van der Waals surface area contributed by atoms with Crippen molar-refractivity contribution in [3.8, 4) is 11.4 Å². The third-order valence-corrected chi connectivity index (χ3v) is 4.88. The summed E-state index contributed by atoms with van der Waals surface area (Å²) >= 11 is 0. The van der Waals surface area contributed by atoms with Crippen LogP contribution < -0.4 is 0 Å². The molecular formula is C21H23N5O3. The maximum absolute atomic E-state index is 12.8. The fourth-order valence-corrected chi connectivity index (χ4v) is 3.61. The van der Waals surface area contributed by atoms with Gasteiger partial charge in [-0.2, -0.15) is 0 Å². The number of hydrogen-bond donors (Lipinski definition) is 1. The summed E-state index contributed by atoms with van der Waals surface area (Å²) in [5.74, 6) is -0.250. The van der Waals surface area contributed by atoms with Gasteiger partial charge in [0.15, 0.2) is 0 Å². The maximum atomic E-state index is 12.8. The molecule has 1 saturated heterocycles. The number of aryl methyl sites for hydroxylation is 1. The van der Waals surface area contributed by atoms with Crippen LogP contribution in [0.25, 0.3) is 16.7 Å². The van der Waals surface area contributed by atoms with Crippen molar-refractivity contribution in [3.05, 3.63) is 47.5 Å². The van der Waals surface area contributed by atoms with Crippen molar-refractivity contribution in [2.75, 3.05) is 6.54 Å². The molecule has 0 saturated carbocycles. The van der Waals surface area contributed by atoms with Gasteiger partial charge in [-0.3, -0.25) is 9.69 Å². The molecule has 3 amide bonds. The lowest BCUT2D eigenvalue weighted by molar-refractivity contribution is -0.128. The number of imide groups is 1. The number of phenols is 1. The normalized spacial score (nSPS) is 15.0. The van der Waals surface area contributed by atoms with Crippen molar-refractivity contribution in [1.29, 1.82) is 0 Å². The number of aromatic nitrogens is 3. The first kappa shape index (κ1) is 18.9. The monoisotopic (exact) mass is 393 g/mol. The van der Waals surface area contributed by atoms with E-state index in [4.69, 9.17) is 0 Å². The Labute approximate surface area is 168 Å². The molecule has 29 heavy (non-hydrogen) atoms. The van der Waals surface area contributed by atoms with Gasteiger partial charge in [0, 0.05) is 11.1 Å². The molecule has 1 aliphatic rings. The molecule has 1 N–H and O–H groups in total. The minimum Gasteiger partial charge on any atom is -0.505 e. The van der Waals surface area contributed by atoms with Gasteiger partial charge in [-0.15, -0.1) is 15.0 Å². The molecule has 0 radical (unpaired) electrons. The number of urea groups is 1. The highest BCUT2D eigenvalue weighted by Crippen LogP contribution is 2.31. The molecule has 3 aromatic rings. The topological polar surface area (TPSA) is 91.6 Å². The molecule has 4 rings (SSSR count). The summed E-state index contributed by atoms with van der Waals surface area (Å²) in [7, 11) is 0. The predicted molar refractivity (Wildman–Crippen MR) is 108 cm³/mol. The van der Waals surface area contributed by atoms with Crippen molar-refractivity contribution in [2.24, 2.45) is 0 Å². The van der Waals surface area contributed by atoms with Gasteiger partial charge in [0.2, 0.25) is 0 Å². The number of benzene rings is 2. The molecule has 150 valence electrons. The van der Waals surface area contributed by atoms with Crippen LogP contribution in [0.4, 0.5) is 4.79 Å². The molecule has 1 aliphatic heterocycles. The largest absolute Gasteiger partial charge is 0.505 e. The second-order valence-corrected chi connectivity index (χ2v) is 8.31. The quantitative estimate of drug-likeness (QED) is 0.691. The standard InChI is InChI=1S/C21H23N5O3/c1-13-9-14(11-24-12-18(27)25(20(24)29)21(2,3)4)19(28)17(10-13)26-22-15-7-5-6-8-16(15)23-26/h5-10,28H,11-12H2,1-4H3. The number of carbonyl (C=O) groups excluding carboxylic acids is 2. The smallest absolute Gasteiger partial charge is 0.328 e. The van der Waals surface area contributed by atoms with Crippen molar-refractivity contribution in [2.45, 2.75) is 39.8 Å². The average Bonchev–Trinajstić information content (AvgIpc) is 3.18. The van der Waals surface area contributed by atoms with Gasteiger partial charge in [-0.1, -0.05) is 18.2 Å². The van der Waals surface area contributed by atoms with E-state index in [1.807, 2.05) is 52.0 Å². The molecule has 0 atom stereocenters. The summed E-state index contributed by atoms with van der Waals surface area (Å²) in [5, 5.41) is 19.8. The fraction of sp³-hybridized carbons (Fsp3) is 0.333. The van der Waals surface area contributed by atoms with Crippen LogP contribution >= 0.6 is 0 Å². The van der Waals surface area contributed by atoms with Gasteiger partial charge in [0.05, 0.1) is 6.54 Å². The van der Waals surface area contributed by atoms with Gasteiger partial charge in [-0.05, 0) is 51.5 Å². The van der Waals surface area contributed by atoms with E-state index in [2.05, 4.69) is 10.2 Å². The van der Waals surface area contributed by atoms with E-state index in [1.54, 1.807) is 12.1 Å². The van der Waals surface area contributed by atoms with Gasteiger partial charge < -0.3 is 10.0 Å². The number of hydrogen-bond acceptors (Lipinski definition) is 5. The predicted octanol–water partition coefficient (Wildman–Crippen LogP) is 3.00. The van der Waals surface area contributed by atoms with Gasteiger partial charge in [-0.25, -0.2) is 4.79 Å². The summed E-state index contributed by atoms with van der Waals surface area (Å²) in [6, 6.07) is 10.7. The summed E-state index contributed by atoms with van der Waals surface area (Å²) in [6.45, 7) is 7.48. The highest BCUT2D eigenvalue weighted by atomic mass is 16.3. The van der Waals surface area contributed by atoms with Crippen molar-refractivity contribution in [3.63, 3.8) is 0 Å². The average molecular weight is 393 g/mol. The SMILES string of the molecule is Cc1cc(CN2CC(=O)N(C(C)(C)C)C2=O)c(O)c(-n2nc3ccccc3n2)c1. The Morgan fingerprint density at radius 2 is 1.69 bits per heavy atom. The minimum atomic E-state index is -0.595. The number of carbonyl (C=O) groups is 2. The summed E-state index contributed by atoms with van der Waals surface area (Å²) in [6.07, 6.45) is 0. The van der Waals surface area contributed by atoms with E-state index in [0.717, 1.165) is 16.6 Å². The van der Waals surface area contributed by atoms with E-state index >= 15 is 0 Å². The first-order valence-corrected chi connectivity index (χ1v) is 9.42. The van der Waals surface area contributed by atoms with Gasteiger partial charge in [0.1, 0.15) is 29.0 Å². The molecule has 1 fully saturated rings. The Morgan fingerprint density at radius 1 is 1.07 bits per heavy atom. The van der Waals surface area contributed by atoms with Crippen LogP contribution in [0.1, 0.15) is 31.9 Å². The Balaban J connectivity index is 1.69. The summed E-state index contributed by atoms with van der Waals surface area (Å²) in [5.41, 5.74) is 2.70. The van der Waals surface area contributed by atoms with Crippen molar-refractivity contribution < 1.29 is 14.7 Å². The van der Waals surface area contributed by atoms with E-state index < -0.39 is 5.54 Å². The van der Waals surface area contributed by atoms with Crippen molar-refractivity contribution in [1.82, 2.24) is 24.8 Å². The van der Waals surface area contributed by atoms with E-state index in [9.17, 15) is 14.7 Å². The van der Waals surface area contributed by atoms with Crippen LogP contribution in [-0.2, 0) is 11.3 Å². The molecule has 0 unspecified atom stereocenters. The molecular weight excluding hydrogens is 370 g/mol. The number of rotatable bonds is 3. The van der Waals surface area contributed by atoms with Gasteiger partial charge >= 0.3 is 6.03 Å². The van der Waals surface area contributed by atoms with Gasteiger partial charge in [0.25, 0.3) is 5.91 Å². The highest BCUT2D eigenvalue weighted by Gasteiger charge is 2.42. The lowest BCUT2D eigenvalue weighted by atomic mass is 10.1. The van der Waals surface area contributed by atoms with Crippen LogP contribution in [0.3, 0.4) is 0 Å². The van der Waals surface area contributed by atoms with Crippen LogP contribution in [0.2, 0.25) is 0 Å². The second kappa shape index (κ2) is 6.58. The van der Waals surface area contributed by atoms with E-state index in [-0.39, 0.29) is 30.8 Å². The Bertz CT molecular complexity index is 1100. The zero-order valence-electron chi connectivity index (χ0n) is 16.9. The first-order valence-electron chi connectivity index (χ1n) is 9.42. The Hall–Kier alpha value is -3.42. The fourth-order valence-electron chi connectivity index (χ4n) is 3.61. The number of fused-ring (bicyclic) bond motifs is 1. The number of phenolic OH excluding ortho intramolecular Hbond substituents is 1. The minimum absolute atomic E-state index is 0.00892. The molecule has 8 heteroatoms. The van der Waals surface area contributed by atoms with E-state index in [1.165, 1.54) is 14.6 Å². The molecule has 2 aromatic carbocycles. The Morgan fingerprint density at radius 3 is 2.24 bits per heavy atom.